The van der Waals surface area contributed by atoms with E-state index in [0.717, 1.165) is 24.3 Å². The first-order chi connectivity index (χ1) is 13.7. The van der Waals surface area contributed by atoms with E-state index in [4.69, 9.17) is 4.74 Å². The lowest BCUT2D eigenvalue weighted by Crippen LogP contribution is -2.53. The molecule has 146 valence electrons. The van der Waals surface area contributed by atoms with Crippen LogP contribution in [0.1, 0.15) is 25.7 Å². The summed E-state index contributed by atoms with van der Waals surface area (Å²) in [5.74, 6) is 0.695. The third-order valence-corrected chi connectivity index (χ3v) is 5.27. The molecular weight excluding hydrogens is 354 g/mol. The monoisotopic (exact) mass is 379 g/mol. The van der Waals surface area contributed by atoms with E-state index in [1.54, 1.807) is 9.80 Å². The van der Waals surface area contributed by atoms with Crippen LogP contribution in [0.5, 0.6) is 5.75 Å². The molecule has 1 aliphatic carbocycles. The van der Waals surface area contributed by atoms with Gasteiger partial charge in [0.15, 0.2) is 0 Å². The molecule has 0 bridgehead atoms. The van der Waals surface area contributed by atoms with E-state index < -0.39 is 0 Å². The zero-order valence-electron chi connectivity index (χ0n) is 15.8. The molecule has 3 amide bonds. The van der Waals surface area contributed by atoms with Crippen molar-refractivity contribution < 1.29 is 14.3 Å². The lowest BCUT2D eigenvalue weighted by Gasteiger charge is -2.34. The minimum atomic E-state index is -0.265. The summed E-state index contributed by atoms with van der Waals surface area (Å²) in [6, 6.07) is 16.7. The highest BCUT2D eigenvalue weighted by Gasteiger charge is 2.28. The molecular formula is C22H25N3O3. The molecule has 2 aromatic carbocycles. The zero-order valence-corrected chi connectivity index (χ0v) is 15.8. The van der Waals surface area contributed by atoms with E-state index in [0.29, 0.717) is 18.8 Å². The first kappa shape index (κ1) is 18.3. The Morgan fingerprint density at radius 2 is 1.79 bits per heavy atom. The van der Waals surface area contributed by atoms with E-state index >= 15 is 0 Å². The Hall–Kier alpha value is -3.02. The van der Waals surface area contributed by atoms with Gasteiger partial charge in [-0.2, -0.15) is 0 Å². The van der Waals surface area contributed by atoms with Crippen molar-refractivity contribution in [3.63, 3.8) is 0 Å². The van der Waals surface area contributed by atoms with Gasteiger partial charge in [-0.25, -0.2) is 4.79 Å². The quantitative estimate of drug-likeness (QED) is 0.877. The van der Waals surface area contributed by atoms with Crippen molar-refractivity contribution in [1.82, 2.24) is 4.90 Å². The van der Waals surface area contributed by atoms with Crippen molar-refractivity contribution in [3.05, 3.63) is 54.6 Å². The fourth-order valence-electron chi connectivity index (χ4n) is 3.78. The third-order valence-electron chi connectivity index (χ3n) is 5.27. The topological polar surface area (TPSA) is 61.9 Å². The fourth-order valence-corrected chi connectivity index (χ4v) is 3.78. The smallest absolute Gasteiger partial charge is 0.322 e. The second-order valence-corrected chi connectivity index (χ2v) is 7.28. The molecule has 4 rings (SSSR count). The third kappa shape index (κ3) is 4.27. The summed E-state index contributed by atoms with van der Waals surface area (Å²) in [7, 11) is 0. The summed E-state index contributed by atoms with van der Waals surface area (Å²) in [5.41, 5.74) is 1.54. The van der Waals surface area contributed by atoms with Gasteiger partial charge < -0.3 is 19.9 Å². The van der Waals surface area contributed by atoms with Crippen LogP contribution in [0.4, 0.5) is 16.2 Å². The fraction of sp³-hybridized carbons (Fsp3) is 0.364. The van der Waals surface area contributed by atoms with Gasteiger partial charge in [0.05, 0.1) is 6.10 Å². The number of benzene rings is 2. The molecule has 0 radical (unpaired) electrons. The number of ether oxygens (including phenoxy) is 1. The second-order valence-electron chi connectivity index (χ2n) is 7.28. The minimum Gasteiger partial charge on any atom is -0.490 e. The zero-order chi connectivity index (χ0) is 19.3. The van der Waals surface area contributed by atoms with Gasteiger partial charge in [-0.15, -0.1) is 0 Å². The molecule has 1 N–H and O–H groups in total. The van der Waals surface area contributed by atoms with Gasteiger partial charge >= 0.3 is 6.03 Å². The summed E-state index contributed by atoms with van der Waals surface area (Å²) in [6.45, 7) is 1.05. The normalized spacial score (nSPS) is 17.6. The van der Waals surface area contributed by atoms with Crippen LogP contribution in [-0.4, -0.2) is 42.6 Å². The molecule has 6 nitrogen and oxygen atoms in total. The number of amides is 3. The predicted molar refractivity (Wildman–Crippen MR) is 109 cm³/mol. The maximum absolute atomic E-state index is 12.6. The Bertz CT molecular complexity index is 834. The summed E-state index contributed by atoms with van der Waals surface area (Å²) in [6.07, 6.45) is 4.87. The highest BCUT2D eigenvalue weighted by atomic mass is 16.5. The Kier molecular flexibility index (Phi) is 5.46. The number of hydrogen-bond donors (Lipinski definition) is 1. The van der Waals surface area contributed by atoms with E-state index in [1.807, 2.05) is 54.6 Å². The molecule has 2 fully saturated rings. The van der Waals surface area contributed by atoms with Crippen LogP contribution in [0.15, 0.2) is 54.6 Å². The number of nitrogens with zero attached hydrogens (tertiary/aromatic N) is 2. The van der Waals surface area contributed by atoms with Crippen molar-refractivity contribution in [3.8, 4) is 5.75 Å². The Morgan fingerprint density at radius 1 is 1.00 bits per heavy atom. The number of piperazine rings is 1. The van der Waals surface area contributed by atoms with Crippen LogP contribution in [-0.2, 0) is 4.79 Å². The van der Waals surface area contributed by atoms with Crippen LogP contribution in [0.3, 0.4) is 0 Å². The van der Waals surface area contributed by atoms with E-state index in [1.165, 1.54) is 12.8 Å². The molecule has 28 heavy (non-hydrogen) atoms. The number of carbonyl (C=O) groups excluding carboxylic acids is 2. The molecule has 6 heteroatoms. The highest BCUT2D eigenvalue weighted by Crippen LogP contribution is 2.26. The summed E-state index contributed by atoms with van der Waals surface area (Å²) >= 11 is 0. The minimum absolute atomic E-state index is 0.0684. The van der Waals surface area contributed by atoms with Gasteiger partial charge in [-0.05, 0) is 49.9 Å². The number of hydrogen-bond acceptors (Lipinski definition) is 3. The standard InChI is InChI=1S/C22H25N3O3/c26-21-16-24(13-14-25(21)18-8-2-1-3-9-18)22(27)23-17-7-6-12-20(15-17)28-19-10-4-5-11-19/h1-3,6-9,12,15,19H,4-5,10-11,13-14,16H2,(H,23,27). The SMILES string of the molecule is O=C(Nc1cccc(OC2CCCC2)c1)N1CCN(c2ccccc2)C(=O)C1. The number of rotatable bonds is 4. The first-order valence-corrected chi connectivity index (χ1v) is 9.87. The first-order valence-electron chi connectivity index (χ1n) is 9.87. The van der Waals surface area contributed by atoms with Crippen LogP contribution in [0.2, 0.25) is 0 Å². The summed E-state index contributed by atoms with van der Waals surface area (Å²) < 4.78 is 6.00. The van der Waals surface area contributed by atoms with Crippen LogP contribution in [0, 0.1) is 0 Å². The molecule has 2 aromatic rings. The van der Waals surface area contributed by atoms with Crippen molar-refractivity contribution in [2.75, 3.05) is 29.9 Å². The van der Waals surface area contributed by atoms with Gasteiger partial charge in [0.25, 0.3) is 0 Å². The Morgan fingerprint density at radius 3 is 2.54 bits per heavy atom. The van der Waals surface area contributed by atoms with Gasteiger partial charge in [0.2, 0.25) is 5.91 Å². The molecule has 0 spiro atoms. The van der Waals surface area contributed by atoms with Gasteiger partial charge in [-0.1, -0.05) is 24.3 Å². The molecule has 2 aliphatic rings. The average molecular weight is 379 g/mol. The number of urea groups is 1. The van der Waals surface area contributed by atoms with E-state index in [2.05, 4.69) is 5.32 Å². The van der Waals surface area contributed by atoms with Crippen LogP contribution < -0.4 is 15.0 Å². The summed E-state index contributed by atoms with van der Waals surface area (Å²) in [5, 5.41) is 2.89. The van der Waals surface area contributed by atoms with Crippen molar-refractivity contribution in [2.24, 2.45) is 0 Å². The lowest BCUT2D eigenvalue weighted by atomic mass is 10.2. The average Bonchev–Trinajstić information content (AvgIpc) is 3.22. The molecule has 0 atom stereocenters. The van der Waals surface area contributed by atoms with E-state index in [9.17, 15) is 9.59 Å². The number of anilines is 2. The van der Waals surface area contributed by atoms with Crippen molar-refractivity contribution >= 4 is 23.3 Å². The van der Waals surface area contributed by atoms with Gasteiger partial charge in [-0.3, -0.25) is 4.79 Å². The number of nitrogens with one attached hydrogen (secondary N) is 1. The van der Waals surface area contributed by atoms with Crippen molar-refractivity contribution in [2.45, 2.75) is 31.8 Å². The number of carbonyl (C=O) groups is 2. The molecule has 1 heterocycles. The van der Waals surface area contributed by atoms with Gasteiger partial charge in [0, 0.05) is 30.5 Å². The summed E-state index contributed by atoms with van der Waals surface area (Å²) in [4.78, 5) is 28.4. The number of para-hydroxylation sites is 1. The van der Waals surface area contributed by atoms with E-state index in [-0.39, 0.29) is 24.6 Å². The largest absolute Gasteiger partial charge is 0.490 e. The Balaban J connectivity index is 1.35. The lowest BCUT2D eigenvalue weighted by molar-refractivity contribution is -0.120. The Labute approximate surface area is 165 Å². The maximum atomic E-state index is 12.6. The molecule has 1 saturated heterocycles. The molecule has 0 aromatic heterocycles. The van der Waals surface area contributed by atoms with Crippen molar-refractivity contribution in [1.29, 1.82) is 0 Å². The van der Waals surface area contributed by atoms with Gasteiger partial charge in [0.1, 0.15) is 12.3 Å². The maximum Gasteiger partial charge on any atom is 0.322 e. The molecule has 0 unspecified atom stereocenters. The van der Waals surface area contributed by atoms with Crippen LogP contribution in [0.25, 0.3) is 0 Å². The molecule has 1 saturated carbocycles. The molecule has 1 aliphatic heterocycles. The van der Waals surface area contributed by atoms with Crippen LogP contribution >= 0.6 is 0 Å². The second kappa shape index (κ2) is 8.33. The predicted octanol–water partition coefficient (Wildman–Crippen LogP) is 3.89. The highest BCUT2D eigenvalue weighted by molar-refractivity contribution is 5.99.